The molecular formula is C50H45N3O. The van der Waals surface area contributed by atoms with Crippen LogP contribution >= 0.6 is 0 Å². The van der Waals surface area contributed by atoms with E-state index in [2.05, 4.69) is 80.6 Å². The fourth-order valence-electron chi connectivity index (χ4n) is 6.97. The largest absolute Gasteiger partial charge is 0.507 e. The van der Waals surface area contributed by atoms with Gasteiger partial charge in [-0.25, -0.2) is 4.98 Å². The molecule has 0 aliphatic heterocycles. The first-order valence-electron chi connectivity index (χ1n) is 22.2. The predicted octanol–water partition coefficient (Wildman–Crippen LogP) is 13.0. The van der Waals surface area contributed by atoms with Gasteiger partial charge in [0, 0.05) is 23.0 Å². The molecule has 0 radical (unpaired) electrons. The lowest BCUT2D eigenvalue weighted by molar-refractivity contribution is 0.477. The highest BCUT2D eigenvalue weighted by molar-refractivity contribution is 5.97. The van der Waals surface area contributed by atoms with Crippen LogP contribution in [0.2, 0.25) is 0 Å². The van der Waals surface area contributed by atoms with Crippen LogP contribution in [0.25, 0.3) is 72.7 Å². The van der Waals surface area contributed by atoms with E-state index in [-0.39, 0.29) is 28.6 Å². The highest BCUT2D eigenvalue weighted by atomic mass is 16.3. The van der Waals surface area contributed by atoms with E-state index in [9.17, 15) is 6.48 Å². The third-order valence-electron chi connectivity index (χ3n) is 9.62. The number of phenolic OH excluding ortho intramolecular Hbond substituents is 1. The molecule has 0 atom stereocenters. The topological polar surface area (TPSA) is 50.9 Å². The maximum absolute atomic E-state index is 11.3. The Morgan fingerprint density at radius 3 is 2.19 bits per heavy atom. The number of pyridine rings is 1. The van der Waals surface area contributed by atoms with Crippen molar-refractivity contribution in [3.05, 3.63) is 169 Å². The summed E-state index contributed by atoms with van der Waals surface area (Å²) in [4.78, 5) is 9.73. The van der Waals surface area contributed by atoms with Gasteiger partial charge in [-0.15, -0.1) is 0 Å². The van der Waals surface area contributed by atoms with Gasteiger partial charge in [0.05, 0.1) is 33.3 Å². The molecule has 0 fully saturated rings. The summed E-state index contributed by atoms with van der Waals surface area (Å²) < 4.78 is 71.0. The van der Waals surface area contributed by atoms with Crippen LogP contribution < -0.4 is 0 Å². The van der Waals surface area contributed by atoms with Crippen LogP contribution in [0.4, 0.5) is 0 Å². The van der Waals surface area contributed by atoms with Gasteiger partial charge in [0.1, 0.15) is 11.6 Å². The Morgan fingerprint density at radius 2 is 1.43 bits per heavy atom. The molecule has 266 valence electrons. The molecule has 0 saturated heterocycles. The van der Waals surface area contributed by atoms with E-state index < -0.39 is 47.8 Å². The van der Waals surface area contributed by atoms with E-state index in [4.69, 9.17) is 14.6 Å². The van der Waals surface area contributed by atoms with Crippen molar-refractivity contribution in [3.8, 4) is 67.5 Å². The van der Waals surface area contributed by atoms with Gasteiger partial charge in [0.25, 0.3) is 0 Å². The highest BCUT2D eigenvalue weighted by Crippen LogP contribution is 2.41. The number of rotatable bonds is 8. The lowest BCUT2D eigenvalue weighted by Crippen LogP contribution is -2.11. The summed E-state index contributed by atoms with van der Waals surface area (Å²) in [6.07, 6.45) is 0.346. The Bertz CT molecular complexity index is 3030. The Labute approximate surface area is 329 Å². The van der Waals surface area contributed by atoms with Crippen LogP contribution in [0.15, 0.2) is 158 Å². The van der Waals surface area contributed by atoms with Crippen LogP contribution in [0.3, 0.4) is 0 Å². The standard InChI is InChI=1S/C50H45N3O/c1-33(2)27-37-31-41(23-24-42(37)35-17-10-7-11-18-35)53-46-21-14-20-43(48(46)52-49(53)44-19-12-13-22-47(44)54)38-28-39(30-40(29-38)50(3,4)5)45-32-36(25-26-51-45)34-15-8-6-9-16-34/h6-26,28-33,54H,27H2,1-5H3/i6D,8D,9D,15D,16D,25D,26D,32D. The number of aromatic hydroxyl groups is 1. The summed E-state index contributed by atoms with van der Waals surface area (Å²) in [5.74, 6) is 1.01. The van der Waals surface area contributed by atoms with Crippen molar-refractivity contribution in [3.63, 3.8) is 0 Å². The first-order chi connectivity index (χ1) is 29.5. The second kappa shape index (κ2) is 14.3. The van der Waals surface area contributed by atoms with Crippen molar-refractivity contribution in [2.45, 2.75) is 46.5 Å². The van der Waals surface area contributed by atoms with Crippen LogP contribution in [0.1, 0.15) is 56.7 Å². The predicted molar refractivity (Wildman–Crippen MR) is 225 cm³/mol. The zero-order valence-electron chi connectivity index (χ0n) is 39.0. The zero-order chi connectivity index (χ0) is 44.4. The number of hydrogen-bond donors (Lipinski definition) is 1. The lowest BCUT2D eigenvalue weighted by atomic mass is 9.83. The van der Waals surface area contributed by atoms with Gasteiger partial charge in [-0.3, -0.25) is 9.55 Å². The smallest absolute Gasteiger partial charge is 0.149 e. The van der Waals surface area contributed by atoms with Crippen molar-refractivity contribution in [2.24, 2.45) is 5.92 Å². The van der Waals surface area contributed by atoms with Crippen molar-refractivity contribution in [2.75, 3.05) is 0 Å². The van der Waals surface area contributed by atoms with E-state index in [0.29, 0.717) is 28.4 Å². The number of nitrogens with zero attached hydrogens (tertiary/aromatic N) is 3. The minimum atomic E-state index is -0.597. The minimum absolute atomic E-state index is 0.0314. The summed E-state index contributed by atoms with van der Waals surface area (Å²) in [6, 6.07) is 31.9. The molecule has 0 saturated carbocycles. The number of hydrogen-bond acceptors (Lipinski definition) is 3. The van der Waals surface area contributed by atoms with Gasteiger partial charge < -0.3 is 5.11 Å². The van der Waals surface area contributed by atoms with Crippen molar-refractivity contribution in [1.29, 1.82) is 0 Å². The number of imidazole rings is 1. The van der Waals surface area contributed by atoms with Crippen molar-refractivity contribution in [1.82, 2.24) is 14.5 Å². The van der Waals surface area contributed by atoms with E-state index in [1.807, 2.05) is 60.7 Å². The SMILES string of the molecule is [2H]c1nc(-c2cc(-c3cccc4c3nc(-c3ccccc3O)n4-c3ccc(-c4ccccc4)c(CC(C)C)c3)cc(C(C)(C)C)c2)c([2H])c(-c2c([2H])c([2H])c([2H])c([2H])c2[2H])c1[2H]. The van der Waals surface area contributed by atoms with Gasteiger partial charge in [0.15, 0.2) is 0 Å². The van der Waals surface area contributed by atoms with E-state index >= 15 is 0 Å². The molecular weight excluding hydrogens is 659 g/mol. The van der Waals surface area contributed by atoms with Crippen LogP contribution in [0.5, 0.6) is 5.75 Å². The Morgan fingerprint density at radius 1 is 0.685 bits per heavy atom. The second-order valence-electron chi connectivity index (χ2n) is 15.0. The average Bonchev–Trinajstić information content (AvgIpc) is 3.64. The first-order valence-corrected chi connectivity index (χ1v) is 18.2. The van der Waals surface area contributed by atoms with Gasteiger partial charge in [0.2, 0.25) is 0 Å². The number of para-hydroxylation sites is 2. The molecule has 2 aromatic heterocycles. The molecule has 0 bridgehead atoms. The zero-order valence-corrected chi connectivity index (χ0v) is 31.0. The Kier molecular flexibility index (Phi) is 7.01. The minimum Gasteiger partial charge on any atom is -0.507 e. The number of fused-ring (bicyclic) bond motifs is 1. The quantitative estimate of drug-likeness (QED) is 0.171. The monoisotopic (exact) mass is 711 g/mol. The normalized spacial score (nSPS) is 13.8. The maximum atomic E-state index is 11.3. The molecule has 0 spiro atoms. The molecule has 1 N–H and O–H groups in total. The third-order valence-corrected chi connectivity index (χ3v) is 9.62. The maximum Gasteiger partial charge on any atom is 0.149 e. The molecule has 0 aliphatic carbocycles. The highest BCUT2D eigenvalue weighted by Gasteiger charge is 2.23. The molecule has 4 nitrogen and oxygen atoms in total. The fourth-order valence-corrected chi connectivity index (χ4v) is 6.97. The average molecular weight is 712 g/mol. The molecule has 4 heteroatoms. The molecule has 6 aromatic carbocycles. The lowest BCUT2D eigenvalue weighted by Gasteiger charge is -2.22. The summed E-state index contributed by atoms with van der Waals surface area (Å²) in [6.45, 7) is 10.6. The molecule has 8 rings (SSSR count). The van der Waals surface area contributed by atoms with Gasteiger partial charge in [-0.05, 0) is 111 Å². The molecule has 0 aliphatic rings. The van der Waals surface area contributed by atoms with Crippen molar-refractivity contribution >= 4 is 11.0 Å². The fraction of sp³-hybridized carbons (Fsp3) is 0.160. The number of aromatic nitrogens is 3. The second-order valence-corrected chi connectivity index (χ2v) is 15.0. The van der Waals surface area contributed by atoms with Crippen LogP contribution in [0, 0.1) is 5.92 Å². The van der Waals surface area contributed by atoms with Gasteiger partial charge >= 0.3 is 0 Å². The van der Waals surface area contributed by atoms with Crippen molar-refractivity contribution < 1.29 is 16.1 Å². The molecule has 54 heavy (non-hydrogen) atoms. The third kappa shape index (κ3) is 6.83. The molecule has 0 unspecified atom stereocenters. The molecule has 8 aromatic rings. The summed E-state index contributed by atoms with van der Waals surface area (Å²) in [5, 5.41) is 11.3. The molecule has 0 amide bonds. The van der Waals surface area contributed by atoms with E-state index in [1.165, 1.54) is 5.56 Å². The van der Waals surface area contributed by atoms with Crippen LogP contribution in [-0.2, 0) is 11.8 Å². The van der Waals surface area contributed by atoms with Gasteiger partial charge in [-0.2, -0.15) is 0 Å². The van der Waals surface area contributed by atoms with Gasteiger partial charge in [-0.1, -0.05) is 132 Å². The number of phenols is 1. The number of benzene rings is 6. The molecule has 2 heterocycles. The summed E-state index contributed by atoms with van der Waals surface area (Å²) in [7, 11) is 0. The first kappa shape index (κ1) is 26.5. The summed E-state index contributed by atoms with van der Waals surface area (Å²) in [5.41, 5.74) is 8.19. The Balaban J connectivity index is 1.39. The summed E-state index contributed by atoms with van der Waals surface area (Å²) >= 11 is 0. The Hall–Kier alpha value is -6.26. The van der Waals surface area contributed by atoms with Crippen LogP contribution in [-0.4, -0.2) is 19.6 Å². The van der Waals surface area contributed by atoms with E-state index in [0.717, 1.165) is 45.4 Å². The van der Waals surface area contributed by atoms with E-state index in [1.54, 1.807) is 12.1 Å².